The molecular formula is C16H17ClN2O. The van der Waals surface area contributed by atoms with Crippen molar-refractivity contribution in [2.24, 2.45) is 0 Å². The summed E-state index contributed by atoms with van der Waals surface area (Å²) < 4.78 is 5.86. The topological polar surface area (TPSA) is 34.1 Å². The smallest absolute Gasteiger partial charge is 0.219 e. The van der Waals surface area contributed by atoms with E-state index in [1.165, 1.54) is 0 Å². The van der Waals surface area contributed by atoms with Gasteiger partial charge in [-0.05, 0) is 25.6 Å². The molecule has 0 bridgehead atoms. The van der Waals surface area contributed by atoms with Gasteiger partial charge in [-0.3, -0.25) is 0 Å². The van der Waals surface area contributed by atoms with E-state index in [-0.39, 0.29) is 0 Å². The summed E-state index contributed by atoms with van der Waals surface area (Å²) in [5.41, 5.74) is 1.98. The highest BCUT2D eigenvalue weighted by Crippen LogP contribution is 2.27. The predicted octanol–water partition coefficient (Wildman–Crippen LogP) is 4.28. The summed E-state index contributed by atoms with van der Waals surface area (Å²) in [5, 5.41) is 3.70. The molecule has 104 valence electrons. The van der Waals surface area contributed by atoms with Crippen LogP contribution >= 0.6 is 11.6 Å². The molecule has 3 nitrogen and oxygen atoms in total. The van der Waals surface area contributed by atoms with Gasteiger partial charge in [-0.1, -0.05) is 42.0 Å². The number of aromatic nitrogens is 1. The minimum absolute atomic E-state index is 0.539. The normalized spacial score (nSPS) is 10.9. The molecule has 0 spiro atoms. The number of para-hydroxylation sites is 1. The Balaban J connectivity index is 2.28. The molecule has 1 aromatic heterocycles. The zero-order valence-corrected chi connectivity index (χ0v) is 12.3. The zero-order chi connectivity index (χ0) is 14.4. The number of halogens is 1. The number of benzene rings is 1. The van der Waals surface area contributed by atoms with Gasteiger partial charge in [0.2, 0.25) is 5.88 Å². The van der Waals surface area contributed by atoms with Crippen molar-refractivity contribution in [2.75, 3.05) is 7.05 Å². The third-order valence-corrected chi connectivity index (χ3v) is 3.10. The second kappa shape index (κ2) is 7.08. The standard InChI is InChI=1S/C16H17ClN2O/c1-3-6-12-7-4-5-8-15(12)20-16-9-13(10-18-2)14(17)11-19-16/h3-9,11,18H,10H2,1-2H3/b6-3+. The Morgan fingerprint density at radius 1 is 1.35 bits per heavy atom. The number of pyridine rings is 1. The Hall–Kier alpha value is -1.84. The van der Waals surface area contributed by atoms with Gasteiger partial charge >= 0.3 is 0 Å². The molecular weight excluding hydrogens is 272 g/mol. The van der Waals surface area contributed by atoms with Crippen molar-refractivity contribution in [3.8, 4) is 11.6 Å². The minimum Gasteiger partial charge on any atom is -0.438 e. The molecule has 1 heterocycles. The van der Waals surface area contributed by atoms with Crippen molar-refractivity contribution in [1.29, 1.82) is 0 Å². The Kier molecular flexibility index (Phi) is 5.16. The van der Waals surface area contributed by atoms with Crippen LogP contribution in [0.15, 0.2) is 42.6 Å². The Morgan fingerprint density at radius 2 is 2.15 bits per heavy atom. The van der Waals surface area contributed by atoms with E-state index in [0.29, 0.717) is 17.4 Å². The molecule has 0 saturated heterocycles. The zero-order valence-electron chi connectivity index (χ0n) is 11.6. The molecule has 0 saturated carbocycles. The van der Waals surface area contributed by atoms with Crippen LogP contribution in [0.3, 0.4) is 0 Å². The van der Waals surface area contributed by atoms with Gasteiger partial charge in [0.25, 0.3) is 0 Å². The van der Waals surface area contributed by atoms with E-state index < -0.39 is 0 Å². The largest absolute Gasteiger partial charge is 0.438 e. The number of hydrogen-bond donors (Lipinski definition) is 1. The Labute approximate surface area is 124 Å². The van der Waals surface area contributed by atoms with E-state index in [2.05, 4.69) is 10.3 Å². The lowest BCUT2D eigenvalue weighted by atomic mass is 10.2. The van der Waals surface area contributed by atoms with Gasteiger partial charge in [0, 0.05) is 24.4 Å². The van der Waals surface area contributed by atoms with Crippen LogP contribution in [0, 0.1) is 0 Å². The van der Waals surface area contributed by atoms with Gasteiger partial charge in [-0.15, -0.1) is 0 Å². The first-order valence-corrected chi connectivity index (χ1v) is 6.81. The maximum absolute atomic E-state index is 6.09. The molecule has 0 unspecified atom stereocenters. The molecule has 0 aliphatic rings. The lowest BCUT2D eigenvalue weighted by molar-refractivity contribution is 0.461. The summed E-state index contributed by atoms with van der Waals surface area (Å²) >= 11 is 6.09. The van der Waals surface area contributed by atoms with Gasteiger partial charge in [0.05, 0.1) is 5.02 Å². The fourth-order valence-corrected chi connectivity index (χ4v) is 2.01. The summed E-state index contributed by atoms with van der Waals surface area (Å²) in [6, 6.07) is 9.69. The number of nitrogens with zero attached hydrogens (tertiary/aromatic N) is 1. The van der Waals surface area contributed by atoms with Crippen molar-refractivity contribution in [3.05, 3.63) is 58.8 Å². The van der Waals surface area contributed by atoms with Crippen LogP contribution < -0.4 is 10.1 Å². The van der Waals surface area contributed by atoms with E-state index in [1.807, 2.05) is 56.5 Å². The maximum Gasteiger partial charge on any atom is 0.219 e. The number of rotatable bonds is 5. The van der Waals surface area contributed by atoms with E-state index in [1.54, 1.807) is 6.20 Å². The summed E-state index contributed by atoms with van der Waals surface area (Å²) in [4.78, 5) is 4.21. The molecule has 2 rings (SSSR count). The molecule has 0 aliphatic carbocycles. The van der Waals surface area contributed by atoms with Gasteiger partial charge < -0.3 is 10.1 Å². The van der Waals surface area contributed by atoms with Gasteiger partial charge in [0.15, 0.2) is 0 Å². The molecule has 0 fully saturated rings. The SMILES string of the molecule is C/C=C/c1ccccc1Oc1cc(CNC)c(Cl)cn1. The molecule has 20 heavy (non-hydrogen) atoms. The van der Waals surface area contributed by atoms with Crippen molar-refractivity contribution in [2.45, 2.75) is 13.5 Å². The molecule has 1 N–H and O–H groups in total. The molecule has 0 atom stereocenters. The highest BCUT2D eigenvalue weighted by atomic mass is 35.5. The predicted molar refractivity (Wildman–Crippen MR) is 83.2 cm³/mol. The number of allylic oxidation sites excluding steroid dienone is 1. The van der Waals surface area contributed by atoms with E-state index in [0.717, 1.165) is 16.9 Å². The molecule has 2 aromatic rings. The van der Waals surface area contributed by atoms with Crippen molar-refractivity contribution in [3.63, 3.8) is 0 Å². The van der Waals surface area contributed by atoms with E-state index in [4.69, 9.17) is 16.3 Å². The van der Waals surface area contributed by atoms with Crippen LogP contribution in [0.5, 0.6) is 11.6 Å². The summed E-state index contributed by atoms with van der Waals surface area (Å²) in [6.45, 7) is 2.65. The minimum atomic E-state index is 0.539. The van der Waals surface area contributed by atoms with Crippen LogP contribution in [0.1, 0.15) is 18.1 Å². The lowest BCUT2D eigenvalue weighted by Gasteiger charge is -2.10. The molecule has 1 aromatic carbocycles. The quantitative estimate of drug-likeness (QED) is 0.892. The number of nitrogens with one attached hydrogen (secondary N) is 1. The summed E-state index contributed by atoms with van der Waals surface area (Å²) in [7, 11) is 1.87. The number of hydrogen-bond acceptors (Lipinski definition) is 3. The average molecular weight is 289 g/mol. The van der Waals surface area contributed by atoms with E-state index >= 15 is 0 Å². The van der Waals surface area contributed by atoms with Crippen LogP contribution in [0.2, 0.25) is 5.02 Å². The molecule has 0 amide bonds. The molecule has 4 heteroatoms. The van der Waals surface area contributed by atoms with Crippen molar-refractivity contribution >= 4 is 17.7 Å². The van der Waals surface area contributed by atoms with Gasteiger partial charge in [-0.2, -0.15) is 0 Å². The van der Waals surface area contributed by atoms with Crippen LogP contribution in [-0.2, 0) is 6.54 Å². The highest BCUT2D eigenvalue weighted by Gasteiger charge is 2.06. The Morgan fingerprint density at radius 3 is 2.90 bits per heavy atom. The Bertz CT molecular complexity index is 611. The first-order valence-electron chi connectivity index (χ1n) is 6.43. The van der Waals surface area contributed by atoms with E-state index in [9.17, 15) is 0 Å². The van der Waals surface area contributed by atoms with Crippen LogP contribution in [0.4, 0.5) is 0 Å². The maximum atomic E-state index is 6.09. The fraction of sp³-hybridized carbons (Fsp3) is 0.188. The number of ether oxygens (including phenoxy) is 1. The first-order chi connectivity index (χ1) is 9.74. The van der Waals surface area contributed by atoms with Gasteiger partial charge in [0.1, 0.15) is 5.75 Å². The first kappa shape index (κ1) is 14.6. The monoisotopic (exact) mass is 288 g/mol. The van der Waals surface area contributed by atoms with Crippen LogP contribution in [0.25, 0.3) is 6.08 Å². The second-order valence-electron chi connectivity index (χ2n) is 4.28. The highest BCUT2D eigenvalue weighted by molar-refractivity contribution is 6.31. The van der Waals surface area contributed by atoms with Crippen LogP contribution in [-0.4, -0.2) is 12.0 Å². The third kappa shape index (κ3) is 3.59. The van der Waals surface area contributed by atoms with Crippen molar-refractivity contribution in [1.82, 2.24) is 10.3 Å². The fourth-order valence-electron chi connectivity index (χ4n) is 1.84. The second-order valence-corrected chi connectivity index (χ2v) is 4.69. The molecule has 0 aliphatic heterocycles. The third-order valence-electron chi connectivity index (χ3n) is 2.76. The average Bonchev–Trinajstić information content (AvgIpc) is 2.45. The summed E-state index contributed by atoms with van der Waals surface area (Å²) in [6.07, 6.45) is 5.59. The molecule has 0 radical (unpaired) electrons. The summed E-state index contributed by atoms with van der Waals surface area (Å²) in [5.74, 6) is 1.31. The lowest BCUT2D eigenvalue weighted by Crippen LogP contribution is -2.06. The van der Waals surface area contributed by atoms with Crippen molar-refractivity contribution < 1.29 is 4.74 Å². The van der Waals surface area contributed by atoms with Gasteiger partial charge in [-0.25, -0.2) is 4.98 Å².